The molecule has 0 spiro atoms. The van der Waals surface area contributed by atoms with Crippen molar-refractivity contribution in [3.05, 3.63) is 0 Å². The van der Waals surface area contributed by atoms with Crippen LogP contribution in [0.3, 0.4) is 0 Å². The van der Waals surface area contributed by atoms with E-state index >= 15 is 0 Å². The van der Waals surface area contributed by atoms with Crippen LogP contribution in [0.25, 0.3) is 0 Å². The molecule has 0 bridgehead atoms. The molecule has 0 aliphatic heterocycles. The molecule has 0 aromatic carbocycles. The Morgan fingerprint density at radius 2 is 1.33 bits per heavy atom. The van der Waals surface area contributed by atoms with E-state index < -0.39 is 0 Å². The van der Waals surface area contributed by atoms with Crippen molar-refractivity contribution in [2.45, 2.75) is 7.43 Å². The maximum atomic E-state index is 4.62. The summed E-state index contributed by atoms with van der Waals surface area (Å²) in [6.45, 7) is 0. The van der Waals surface area contributed by atoms with E-state index in [1.807, 2.05) is 0 Å². The first kappa shape index (κ1) is 16.4. The van der Waals surface area contributed by atoms with Crippen LogP contribution >= 0.6 is 12.2 Å². The SMILES string of the molecule is C.NC(N)=S.[Cu+]. The number of hydrogen-bond donors (Lipinski definition) is 2. The molecule has 0 saturated heterocycles. The van der Waals surface area contributed by atoms with Gasteiger partial charge in [0.25, 0.3) is 0 Å². The molecule has 4 N–H and O–H groups in total. The van der Waals surface area contributed by atoms with E-state index in [9.17, 15) is 0 Å². The Morgan fingerprint density at radius 1 is 1.33 bits per heavy atom. The van der Waals surface area contributed by atoms with Crippen molar-refractivity contribution in [3.63, 3.8) is 0 Å². The molecule has 0 aromatic rings. The van der Waals surface area contributed by atoms with Gasteiger partial charge in [0.2, 0.25) is 0 Å². The average Bonchev–Trinajstić information content (AvgIpc) is 0.811. The molecule has 42 valence electrons. The van der Waals surface area contributed by atoms with Crippen LogP contribution in [-0.4, -0.2) is 5.11 Å². The molecule has 2 nitrogen and oxygen atoms in total. The molecule has 4 heteroatoms. The quantitative estimate of drug-likeness (QED) is 0.377. The van der Waals surface area contributed by atoms with Crippen LogP contribution in [0.15, 0.2) is 0 Å². The molecule has 0 atom stereocenters. The predicted molar refractivity (Wildman–Crippen MR) is 27.7 cm³/mol. The number of rotatable bonds is 0. The fraction of sp³-hybridized carbons (Fsp3) is 0.500. The van der Waals surface area contributed by atoms with Crippen molar-refractivity contribution in [3.8, 4) is 0 Å². The van der Waals surface area contributed by atoms with Crippen molar-refractivity contribution in [1.82, 2.24) is 0 Å². The van der Waals surface area contributed by atoms with E-state index in [0.717, 1.165) is 0 Å². The summed E-state index contributed by atoms with van der Waals surface area (Å²) in [5.41, 5.74) is 9.24. The van der Waals surface area contributed by atoms with Crippen molar-refractivity contribution in [2.75, 3.05) is 0 Å². The summed E-state index contributed by atoms with van der Waals surface area (Å²) >= 11 is 4.09. The van der Waals surface area contributed by atoms with Gasteiger partial charge in [-0.2, -0.15) is 0 Å². The topological polar surface area (TPSA) is 52.0 Å². The molecule has 0 aromatic heterocycles. The van der Waals surface area contributed by atoms with E-state index in [4.69, 9.17) is 0 Å². The summed E-state index contributed by atoms with van der Waals surface area (Å²) in [5.74, 6) is 0. The van der Waals surface area contributed by atoms with Crippen LogP contribution in [0.2, 0.25) is 0 Å². The average molecular weight is 156 g/mol. The van der Waals surface area contributed by atoms with Crippen molar-refractivity contribution in [1.29, 1.82) is 0 Å². The maximum absolute atomic E-state index is 4.62. The monoisotopic (exact) mass is 155 g/mol. The Bertz CT molecular complexity index is 34.5. The first-order valence-electron chi connectivity index (χ1n) is 0.781. The van der Waals surface area contributed by atoms with Crippen LogP contribution in [-0.2, 0) is 17.1 Å². The van der Waals surface area contributed by atoms with Crippen molar-refractivity contribution < 1.29 is 17.1 Å². The van der Waals surface area contributed by atoms with Crippen molar-refractivity contribution >= 4 is 17.3 Å². The minimum Gasteiger partial charge on any atom is -0.377 e. The molecule has 0 amide bonds. The number of nitrogens with two attached hydrogens (primary N) is 2. The van der Waals surface area contributed by atoms with E-state index in [1.54, 1.807) is 0 Å². The molecule has 0 saturated carbocycles. The smallest absolute Gasteiger partial charge is 0.377 e. The summed E-state index contributed by atoms with van der Waals surface area (Å²) in [6.07, 6.45) is 0. The van der Waals surface area contributed by atoms with Gasteiger partial charge in [0.05, 0.1) is 0 Å². The Hall–Kier alpha value is 0.209. The number of thiocarbonyl (C=S) groups is 1. The summed E-state index contributed by atoms with van der Waals surface area (Å²) < 4.78 is 0. The predicted octanol–water partition coefficient (Wildman–Crippen LogP) is -0.178. The van der Waals surface area contributed by atoms with Gasteiger partial charge in [0, 0.05) is 0 Å². The molecule has 0 fully saturated rings. The van der Waals surface area contributed by atoms with Gasteiger partial charge in [0.1, 0.15) is 0 Å². The van der Waals surface area contributed by atoms with Crippen LogP contribution in [0.4, 0.5) is 0 Å². The Kier molecular flexibility index (Phi) is 24.4. The molecule has 6 heavy (non-hydrogen) atoms. The van der Waals surface area contributed by atoms with Gasteiger partial charge in [-0.05, 0) is 12.2 Å². The van der Waals surface area contributed by atoms with Crippen LogP contribution < -0.4 is 11.5 Å². The van der Waals surface area contributed by atoms with E-state index in [2.05, 4.69) is 23.7 Å². The maximum Gasteiger partial charge on any atom is 1.00 e. The molecule has 0 heterocycles. The first-order valence-corrected chi connectivity index (χ1v) is 1.19. The second-order valence-electron chi connectivity index (χ2n) is 0.402. The fourth-order valence-electron chi connectivity index (χ4n) is 0. The third-order valence-electron chi connectivity index (χ3n) is 0. The molecule has 0 unspecified atom stereocenters. The molecule has 0 aliphatic carbocycles. The van der Waals surface area contributed by atoms with Crippen molar-refractivity contribution in [2.24, 2.45) is 11.5 Å². The summed E-state index contributed by atoms with van der Waals surface area (Å²) in [4.78, 5) is 0. The van der Waals surface area contributed by atoms with E-state index in [-0.39, 0.29) is 29.6 Å². The fourth-order valence-corrected chi connectivity index (χ4v) is 0. The van der Waals surface area contributed by atoms with Crippen LogP contribution in [0.5, 0.6) is 0 Å². The largest absolute Gasteiger partial charge is 1.00 e. The minimum absolute atomic E-state index is 0. The zero-order valence-electron chi connectivity index (χ0n) is 2.36. The van der Waals surface area contributed by atoms with Gasteiger partial charge < -0.3 is 11.5 Å². The summed E-state index contributed by atoms with van der Waals surface area (Å²) in [6, 6.07) is 0. The zero-order valence-corrected chi connectivity index (χ0v) is 4.12. The van der Waals surface area contributed by atoms with Gasteiger partial charge in [-0.15, -0.1) is 0 Å². The van der Waals surface area contributed by atoms with Gasteiger partial charge >= 0.3 is 17.1 Å². The normalized spacial score (nSPS) is 4.00. The summed E-state index contributed by atoms with van der Waals surface area (Å²) in [5, 5.41) is 0.000000000000000222. The van der Waals surface area contributed by atoms with Gasteiger partial charge in [0.15, 0.2) is 5.11 Å². The molecular weight excluding hydrogens is 148 g/mol. The van der Waals surface area contributed by atoms with E-state index in [1.165, 1.54) is 0 Å². The van der Waals surface area contributed by atoms with Crippen LogP contribution in [0.1, 0.15) is 7.43 Å². The third kappa shape index (κ3) is 988. The minimum atomic E-state index is 0. The molecule has 0 rings (SSSR count). The Morgan fingerprint density at radius 3 is 1.33 bits per heavy atom. The molecule has 0 aliphatic rings. The molecular formula is C2H8CuN2S+. The second-order valence-corrected chi connectivity index (χ2v) is 0.874. The number of hydrogen-bond acceptors (Lipinski definition) is 1. The second kappa shape index (κ2) is 8.96. The van der Waals surface area contributed by atoms with E-state index in [0.29, 0.717) is 0 Å². The zero-order chi connectivity index (χ0) is 3.58. The van der Waals surface area contributed by atoms with Crippen LogP contribution in [0, 0.1) is 0 Å². The standard InChI is InChI=1S/CH4N2S.CH4.Cu/c2-1(3)4;;/h(H4,2,3,4);1H4;/q;;+1. The third-order valence-corrected chi connectivity index (χ3v) is 0. The van der Waals surface area contributed by atoms with Gasteiger partial charge in [-0.3, -0.25) is 0 Å². The Balaban J connectivity index is -0.0000000450. The van der Waals surface area contributed by atoms with Gasteiger partial charge in [-0.1, -0.05) is 7.43 Å². The Labute approximate surface area is 53.7 Å². The molecule has 0 radical (unpaired) electrons. The van der Waals surface area contributed by atoms with Gasteiger partial charge in [-0.25, -0.2) is 0 Å². The first-order chi connectivity index (χ1) is 1.73. The summed E-state index contributed by atoms with van der Waals surface area (Å²) in [7, 11) is 0.